The molecule has 1 aromatic heterocycles. The highest BCUT2D eigenvalue weighted by atomic mass is 35.5. The monoisotopic (exact) mass is 316 g/mol. The SMILES string of the molecule is CC(Cl)c1nc2c(F)cc(F)cc2n1CC1CCCS1. The number of thioether (sulfide) groups is 1. The highest BCUT2D eigenvalue weighted by Gasteiger charge is 2.23. The lowest BCUT2D eigenvalue weighted by atomic mass is 10.2. The zero-order valence-electron chi connectivity index (χ0n) is 11.1. The largest absolute Gasteiger partial charge is 0.325 e. The van der Waals surface area contributed by atoms with Crippen LogP contribution in [-0.2, 0) is 6.54 Å². The minimum atomic E-state index is -0.628. The Balaban J connectivity index is 2.12. The molecular weight excluding hydrogens is 302 g/mol. The zero-order chi connectivity index (χ0) is 14.3. The Morgan fingerprint density at radius 3 is 2.95 bits per heavy atom. The third-order valence-corrected chi connectivity index (χ3v) is 5.14. The molecule has 0 aliphatic carbocycles. The number of imidazole rings is 1. The standard InChI is InChI=1S/C14H15ClF2N2S/c1-8(15)14-18-13-11(17)5-9(16)6-12(13)19(14)7-10-3-2-4-20-10/h5-6,8,10H,2-4,7H2,1H3. The smallest absolute Gasteiger partial charge is 0.153 e. The molecule has 0 saturated carbocycles. The second kappa shape index (κ2) is 5.53. The van der Waals surface area contributed by atoms with E-state index in [1.165, 1.54) is 12.5 Å². The molecule has 1 aliphatic heterocycles. The number of fused-ring (bicyclic) bond motifs is 1. The molecular formula is C14H15ClF2N2S. The molecule has 2 heterocycles. The average Bonchev–Trinajstić information content (AvgIpc) is 2.98. The van der Waals surface area contributed by atoms with Crippen LogP contribution in [0.2, 0.25) is 0 Å². The molecule has 2 atom stereocenters. The molecule has 1 fully saturated rings. The molecule has 1 aromatic carbocycles. The van der Waals surface area contributed by atoms with Crippen molar-refractivity contribution in [2.45, 2.75) is 36.9 Å². The second-order valence-corrected chi connectivity index (χ2v) is 7.15. The first-order valence-electron chi connectivity index (χ1n) is 6.67. The Labute approximate surface area is 125 Å². The van der Waals surface area contributed by atoms with Crippen molar-refractivity contribution in [3.63, 3.8) is 0 Å². The van der Waals surface area contributed by atoms with E-state index >= 15 is 0 Å². The van der Waals surface area contributed by atoms with Crippen LogP contribution in [0.4, 0.5) is 8.78 Å². The van der Waals surface area contributed by atoms with E-state index in [0.29, 0.717) is 23.1 Å². The van der Waals surface area contributed by atoms with Crippen molar-refractivity contribution in [1.82, 2.24) is 9.55 Å². The number of halogens is 3. The summed E-state index contributed by atoms with van der Waals surface area (Å²) in [5.41, 5.74) is 0.703. The fraction of sp³-hybridized carbons (Fsp3) is 0.500. The Morgan fingerprint density at radius 1 is 1.50 bits per heavy atom. The molecule has 2 unspecified atom stereocenters. The molecule has 2 nitrogen and oxygen atoms in total. The van der Waals surface area contributed by atoms with Gasteiger partial charge in [0.25, 0.3) is 0 Å². The van der Waals surface area contributed by atoms with Gasteiger partial charge in [-0.1, -0.05) is 0 Å². The molecule has 0 amide bonds. The number of alkyl halides is 1. The predicted molar refractivity (Wildman–Crippen MR) is 79.4 cm³/mol. The number of rotatable bonds is 3. The molecule has 0 radical (unpaired) electrons. The van der Waals surface area contributed by atoms with Gasteiger partial charge < -0.3 is 4.57 Å². The van der Waals surface area contributed by atoms with Crippen LogP contribution < -0.4 is 0 Å². The lowest BCUT2D eigenvalue weighted by Gasteiger charge is -2.14. The fourth-order valence-electron chi connectivity index (χ4n) is 2.65. The number of hydrogen-bond donors (Lipinski definition) is 0. The number of benzene rings is 1. The van der Waals surface area contributed by atoms with Crippen molar-refractivity contribution < 1.29 is 8.78 Å². The lowest BCUT2D eigenvalue weighted by Crippen LogP contribution is -2.13. The maximum atomic E-state index is 13.9. The van der Waals surface area contributed by atoms with Crippen LogP contribution in [0.25, 0.3) is 11.0 Å². The first-order valence-corrected chi connectivity index (χ1v) is 8.15. The molecule has 20 heavy (non-hydrogen) atoms. The van der Waals surface area contributed by atoms with Gasteiger partial charge in [0.2, 0.25) is 0 Å². The van der Waals surface area contributed by atoms with E-state index in [9.17, 15) is 8.78 Å². The van der Waals surface area contributed by atoms with Gasteiger partial charge in [-0.05, 0) is 31.6 Å². The van der Waals surface area contributed by atoms with E-state index < -0.39 is 11.6 Å². The van der Waals surface area contributed by atoms with Crippen molar-refractivity contribution in [3.8, 4) is 0 Å². The fourth-order valence-corrected chi connectivity index (χ4v) is 4.08. The second-order valence-electron chi connectivity index (χ2n) is 5.09. The summed E-state index contributed by atoms with van der Waals surface area (Å²) in [6.07, 6.45) is 2.31. The van der Waals surface area contributed by atoms with Gasteiger partial charge in [0, 0.05) is 17.9 Å². The average molecular weight is 317 g/mol. The first kappa shape index (κ1) is 14.1. The van der Waals surface area contributed by atoms with Crippen LogP contribution in [0, 0.1) is 11.6 Å². The highest BCUT2D eigenvalue weighted by Crippen LogP contribution is 2.32. The summed E-state index contributed by atoms with van der Waals surface area (Å²) in [6, 6.07) is 2.21. The van der Waals surface area contributed by atoms with Crippen molar-refractivity contribution >= 4 is 34.4 Å². The van der Waals surface area contributed by atoms with Gasteiger partial charge in [0.1, 0.15) is 17.2 Å². The maximum Gasteiger partial charge on any atom is 0.153 e. The Kier molecular flexibility index (Phi) is 3.91. The van der Waals surface area contributed by atoms with Crippen LogP contribution in [0.1, 0.15) is 31.0 Å². The van der Waals surface area contributed by atoms with Gasteiger partial charge in [0.15, 0.2) is 5.82 Å². The minimum absolute atomic E-state index is 0.205. The summed E-state index contributed by atoms with van der Waals surface area (Å²) in [5.74, 6) is 0.547. The molecule has 6 heteroatoms. The van der Waals surface area contributed by atoms with Crippen LogP contribution in [0.15, 0.2) is 12.1 Å². The van der Waals surface area contributed by atoms with Crippen LogP contribution in [-0.4, -0.2) is 20.6 Å². The number of hydrogen-bond acceptors (Lipinski definition) is 2. The van der Waals surface area contributed by atoms with E-state index in [-0.39, 0.29) is 10.9 Å². The molecule has 1 aliphatic rings. The van der Waals surface area contributed by atoms with Gasteiger partial charge in [0.05, 0.1) is 10.9 Å². The molecule has 3 rings (SSSR count). The van der Waals surface area contributed by atoms with E-state index in [0.717, 1.165) is 18.2 Å². The van der Waals surface area contributed by atoms with E-state index in [2.05, 4.69) is 4.98 Å². The first-order chi connectivity index (χ1) is 9.56. The summed E-state index contributed by atoms with van der Waals surface area (Å²) in [6.45, 7) is 2.51. The highest BCUT2D eigenvalue weighted by molar-refractivity contribution is 8.00. The third-order valence-electron chi connectivity index (χ3n) is 3.57. The Morgan fingerprint density at radius 2 is 2.30 bits per heavy atom. The summed E-state index contributed by atoms with van der Waals surface area (Å²) in [7, 11) is 0. The zero-order valence-corrected chi connectivity index (χ0v) is 12.6. The van der Waals surface area contributed by atoms with Crippen molar-refractivity contribution in [3.05, 3.63) is 29.6 Å². The van der Waals surface area contributed by atoms with Gasteiger partial charge in [-0.2, -0.15) is 11.8 Å². The van der Waals surface area contributed by atoms with Crippen molar-refractivity contribution in [2.24, 2.45) is 0 Å². The van der Waals surface area contributed by atoms with Crippen LogP contribution in [0.5, 0.6) is 0 Å². The normalized spacial score (nSPS) is 20.7. The summed E-state index contributed by atoms with van der Waals surface area (Å²) >= 11 is 8.05. The van der Waals surface area contributed by atoms with Gasteiger partial charge in [-0.25, -0.2) is 13.8 Å². The van der Waals surface area contributed by atoms with Crippen molar-refractivity contribution in [1.29, 1.82) is 0 Å². The predicted octanol–water partition coefficient (Wildman–Crippen LogP) is 4.51. The Bertz CT molecular complexity index is 636. The summed E-state index contributed by atoms with van der Waals surface area (Å²) in [5, 5.41) is 0.129. The topological polar surface area (TPSA) is 17.8 Å². The lowest BCUT2D eigenvalue weighted by molar-refractivity contribution is 0.588. The quantitative estimate of drug-likeness (QED) is 0.775. The van der Waals surface area contributed by atoms with Gasteiger partial charge in [-0.3, -0.25) is 0 Å². The van der Waals surface area contributed by atoms with Gasteiger partial charge in [-0.15, -0.1) is 11.6 Å². The molecule has 0 bridgehead atoms. The molecule has 2 aromatic rings. The van der Waals surface area contributed by atoms with E-state index in [1.54, 1.807) is 6.92 Å². The third kappa shape index (κ3) is 2.53. The van der Waals surface area contributed by atoms with E-state index in [4.69, 9.17) is 11.6 Å². The number of aromatic nitrogens is 2. The van der Waals surface area contributed by atoms with Gasteiger partial charge >= 0.3 is 0 Å². The Hall–Kier alpha value is -0.810. The molecule has 0 N–H and O–H groups in total. The van der Waals surface area contributed by atoms with Crippen LogP contribution in [0.3, 0.4) is 0 Å². The van der Waals surface area contributed by atoms with Crippen molar-refractivity contribution in [2.75, 3.05) is 5.75 Å². The van der Waals surface area contributed by atoms with Crippen LogP contribution >= 0.6 is 23.4 Å². The molecule has 108 valence electrons. The molecule has 1 saturated heterocycles. The number of nitrogens with zero attached hydrogens (tertiary/aromatic N) is 2. The summed E-state index contributed by atoms with van der Waals surface area (Å²) in [4.78, 5) is 4.27. The summed E-state index contributed by atoms with van der Waals surface area (Å²) < 4.78 is 29.2. The maximum absolute atomic E-state index is 13.9. The molecule has 0 spiro atoms. The minimum Gasteiger partial charge on any atom is -0.325 e. The van der Waals surface area contributed by atoms with E-state index in [1.807, 2.05) is 16.3 Å².